The third-order valence-corrected chi connectivity index (χ3v) is 5.75. The zero-order valence-electron chi connectivity index (χ0n) is 15.3. The van der Waals surface area contributed by atoms with Gasteiger partial charge in [0, 0.05) is 11.3 Å². The van der Waals surface area contributed by atoms with E-state index in [4.69, 9.17) is 4.98 Å². The number of aryl methyl sites for hydroxylation is 2. The van der Waals surface area contributed by atoms with Gasteiger partial charge in [-0.1, -0.05) is 48.5 Å². The van der Waals surface area contributed by atoms with Gasteiger partial charge < -0.3 is 5.32 Å². The van der Waals surface area contributed by atoms with E-state index in [-0.39, 0.29) is 5.91 Å². The second-order valence-electron chi connectivity index (χ2n) is 6.67. The summed E-state index contributed by atoms with van der Waals surface area (Å²) in [6.07, 6.45) is 0.372. The first kappa shape index (κ1) is 17.4. The van der Waals surface area contributed by atoms with Gasteiger partial charge in [0.05, 0.1) is 16.6 Å². The van der Waals surface area contributed by atoms with Crippen LogP contribution in [0.4, 0.5) is 5.69 Å². The van der Waals surface area contributed by atoms with Crippen LogP contribution in [0, 0.1) is 13.8 Å². The van der Waals surface area contributed by atoms with Crippen LogP contribution in [-0.2, 0) is 11.2 Å². The van der Waals surface area contributed by atoms with Crippen LogP contribution in [0.5, 0.6) is 0 Å². The Morgan fingerprint density at radius 2 is 1.74 bits per heavy atom. The molecule has 1 amide bonds. The van der Waals surface area contributed by atoms with Crippen molar-refractivity contribution >= 4 is 33.1 Å². The van der Waals surface area contributed by atoms with Crippen LogP contribution in [0.1, 0.15) is 16.7 Å². The van der Waals surface area contributed by atoms with Crippen molar-refractivity contribution in [2.24, 2.45) is 0 Å². The molecule has 3 nitrogen and oxygen atoms in total. The lowest BCUT2D eigenvalue weighted by Gasteiger charge is -2.11. The molecule has 0 saturated heterocycles. The van der Waals surface area contributed by atoms with Gasteiger partial charge in [0.1, 0.15) is 5.01 Å². The molecule has 4 rings (SSSR count). The number of rotatable bonds is 4. The van der Waals surface area contributed by atoms with Crippen molar-refractivity contribution in [3.05, 3.63) is 83.4 Å². The predicted molar refractivity (Wildman–Crippen MR) is 113 cm³/mol. The summed E-state index contributed by atoms with van der Waals surface area (Å²) in [5.74, 6) is -0.00569. The monoisotopic (exact) mass is 372 g/mol. The summed E-state index contributed by atoms with van der Waals surface area (Å²) in [5, 5.41) is 4.03. The van der Waals surface area contributed by atoms with Crippen LogP contribution in [0.15, 0.2) is 66.7 Å². The summed E-state index contributed by atoms with van der Waals surface area (Å²) in [4.78, 5) is 17.3. The number of thiazole rings is 1. The number of fused-ring (bicyclic) bond motifs is 1. The van der Waals surface area contributed by atoms with E-state index in [2.05, 4.69) is 17.4 Å². The molecule has 27 heavy (non-hydrogen) atoms. The summed E-state index contributed by atoms with van der Waals surface area (Å²) in [6, 6.07) is 22.2. The van der Waals surface area contributed by atoms with Crippen molar-refractivity contribution in [1.82, 2.24) is 4.98 Å². The van der Waals surface area contributed by atoms with Gasteiger partial charge in [-0.05, 0) is 48.7 Å². The molecule has 0 radical (unpaired) electrons. The topological polar surface area (TPSA) is 42.0 Å². The van der Waals surface area contributed by atoms with E-state index in [9.17, 15) is 4.79 Å². The third-order valence-electron chi connectivity index (χ3n) is 4.66. The first-order chi connectivity index (χ1) is 13.1. The van der Waals surface area contributed by atoms with Crippen LogP contribution >= 0.6 is 11.3 Å². The number of hydrogen-bond acceptors (Lipinski definition) is 3. The van der Waals surface area contributed by atoms with E-state index in [0.29, 0.717) is 6.42 Å². The Morgan fingerprint density at radius 1 is 0.963 bits per heavy atom. The molecule has 0 fully saturated rings. The normalized spacial score (nSPS) is 10.9. The van der Waals surface area contributed by atoms with Gasteiger partial charge in [-0.3, -0.25) is 4.79 Å². The lowest BCUT2D eigenvalue weighted by molar-refractivity contribution is -0.115. The van der Waals surface area contributed by atoms with Crippen LogP contribution in [0.2, 0.25) is 0 Å². The lowest BCUT2D eigenvalue weighted by atomic mass is 10.1. The average molecular weight is 372 g/mol. The number of anilines is 1. The fraction of sp³-hybridized carbons (Fsp3) is 0.130. The molecule has 0 atom stereocenters. The molecule has 0 bridgehead atoms. The maximum absolute atomic E-state index is 12.6. The van der Waals surface area contributed by atoms with E-state index >= 15 is 0 Å². The van der Waals surface area contributed by atoms with E-state index < -0.39 is 0 Å². The molecular weight excluding hydrogens is 352 g/mol. The molecule has 0 saturated carbocycles. The Kier molecular flexibility index (Phi) is 4.73. The average Bonchev–Trinajstić information content (AvgIpc) is 3.09. The summed E-state index contributed by atoms with van der Waals surface area (Å²) in [5.41, 5.74) is 6.09. The standard InChI is InChI=1S/C23H20N2OS/c1-15-7-3-4-8-17(15)14-22(26)24-20-13-18(12-11-16(20)2)23-25-19-9-5-6-10-21(19)27-23/h3-13H,14H2,1-2H3,(H,24,26). The highest BCUT2D eigenvalue weighted by Gasteiger charge is 2.11. The Labute approximate surface area is 162 Å². The Hall–Kier alpha value is -2.98. The van der Waals surface area contributed by atoms with Gasteiger partial charge in [0.15, 0.2) is 0 Å². The Morgan fingerprint density at radius 3 is 2.56 bits per heavy atom. The van der Waals surface area contributed by atoms with Gasteiger partial charge in [-0.25, -0.2) is 4.98 Å². The number of amides is 1. The maximum atomic E-state index is 12.6. The van der Waals surface area contributed by atoms with Crippen LogP contribution in [0.25, 0.3) is 20.8 Å². The molecule has 1 heterocycles. The minimum absolute atomic E-state index is 0.00569. The molecule has 0 aliphatic rings. The molecule has 0 aliphatic carbocycles. The molecule has 3 aromatic carbocycles. The van der Waals surface area contributed by atoms with E-state index in [1.54, 1.807) is 11.3 Å². The highest BCUT2D eigenvalue weighted by atomic mass is 32.1. The number of para-hydroxylation sites is 1. The molecule has 4 heteroatoms. The zero-order chi connectivity index (χ0) is 18.8. The van der Waals surface area contributed by atoms with E-state index in [1.165, 1.54) is 4.70 Å². The highest BCUT2D eigenvalue weighted by Crippen LogP contribution is 2.32. The van der Waals surface area contributed by atoms with Crippen LogP contribution in [0.3, 0.4) is 0 Å². The minimum Gasteiger partial charge on any atom is -0.326 e. The molecule has 1 aromatic heterocycles. The number of hydrogen-bond donors (Lipinski definition) is 1. The van der Waals surface area contributed by atoms with Crippen molar-refractivity contribution < 1.29 is 4.79 Å². The second kappa shape index (κ2) is 7.33. The van der Waals surface area contributed by atoms with Gasteiger partial charge in [-0.15, -0.1) is 11.3 Å². The van der Waals surface area contributed by atoms with E-state index in [1.807, 2.05) is 68.4 Å². The lowest BCUT2D eigenvalue weighted by Crippen LogP contribution is -2.15. The van der Waals surface area contributed by atoms with Gasteiger partial charge in [0.25, 0.3) is 0 Å². The van der Waals surface area contributed by atoms with Crippen molar-refractivity contribution in [1.29, 1.82) is 0 Å². The third kappa shape index (κ3) is 3.76. The molecule has 0 spiro atoms. The number of nitrogens with one attached hydrogen (secondary N) is 1. The van der Waals surface area contributed by atoms with Gasteiger partial charge in [0.2, 0.25) is 5.91 Å². The van der Waals surface area contributed by atoms with E-state index in [0.717, 1.165) is 38.5 Å². The van der Waals surface area contributed by atoms with Crippen LogP contribution < -0.4 is 5.32 Å². The van der Waals surface area contributed by atoms with Crippen molar-refractivity contribution in [3.8, 4) is 10.6 Å². The van der Waals surface area contributed by atoms with Crippen molar-refractivity contribution in [2.75, 3.05) is 5.32 Å². The molecular formula is C23H20N2OS. The Bertz CT molecular complexity index is 1100. The quantitative estimate of drug-likeness (QED) is 0.495. The molecule has 1 N–H and O–H groups in total. The van der Waals surface area contributed by atoms with Gasteiger partial charge >= 0.3 is 0 Å². The minimum atomic E-state index is -0.00569. The number of aromatic nitrogens is 1. The summed E-state index contributed by atoms with van der Waals surface area (Å²) < 4.78 is 1.17. The fourth-order valence-corrected chi connectivity index (χ4v) is 4.02. The predicted octanol–water partition coefficient (Wildman–Crippen LogP) is 5.76. The summed E-state index contributed by atoms with van der Waals surface area (Å²) in [7, 11) is 0. The van der Waals surface area contributed by atoms with Crippen molar-refractivity contribution in [3.63, 3.8) is 0 Å². The van der Waals surface area contributed by atoms with Crippen LogP contribution in [-0.4, -0.2) is 10.9 Å². The summed E-state index contributed by atoms with van der Waals surface area (Å²) >= 11 is 1.66. The first-order valence-electron chi connectivity index (χ1n) is 8.91. The fourth-order valence-electron chi connectivity index (χ4n) is 3.06. The molecule has 0 aliphatic heterocycles. The van der Waals surface area contributed by atoms with Gasteiger partial charge in [-0.2, -0.15) is 0 Å². The number of carbonyl (C=O) groups excluding carboxylic acids is 1. The smallest absolute Gasteiger partial charge is 0.228 e. The first-order valence-corrected chi connectivity index (χ1v) is 9.73. The maximum Gasteiger partial charge on any atom is 0.228 e. The molecule has 0 unspecified atom stereocenters. The number of nitrogens with zero attached hydrogens (tertiary/aromatic N) is 1. The van der Waals surface area contributed by atoms with Crippen molar-refractivity contribution in [2.45, 2.75) is 20.3 Å². The highest BCUT2D eigenvalue weighted by molar-refractivity contribution is 7.21. The molecule has 4 aromatic rings. The SMILES string of the molecule is Cc1ccccc1CC(=O)Nc1cc(-c2nc3ccccc3s2)ccc1C. The number of benzene rings is 3. The Balaban J connectivity index is 1.59. The second-order valence-corrected chi connectivity index (χ2v) is 7.70. The zero-order valence-corrected chi connectivity index (χ0v) is 16.1. The number of carbonyl (C=O) groups is 1. The largest absolute Gasteiger partial charge is 0.326 e. The summed E-state index contributed by atoms with van der Waals surface area (Å²) in [6.45, 7) is 4.03. The molecule has 134 valence electrons.